The van der Waals surface area contributed by atoms with Crippen molar-refractivity contribution in [1.29, 1.82) is 0 Å². The first-order chi connectivity index (χ1) is 13.1. The highest BCUT2D eigenvalue weighted by molar-refractivity contribution is 7.15. The summed E-state index contributed by atoms with van der Waals surface area (Å²) in [6.07, 6.45) is 4.36. The summed E-state index contributed by atoms with van der Waals surface area (Å²) in [6, 6.07) is 9.42. The number of carbonyl (C=O) groups excluding carboxylic acids is 1. The zero-order valence-corrected chi connectivity index (χ0v) is 16.6. The molecule has 1 unspecified atom stereocenters. The van der Waals surface area contributed by atoms with Gasteiger partial charge in [0.05, 0.1) is 6.04 Å². The van der Waals surface area contributed by atoms with Crippen molar-refractivity contribution in [3.8, 4) is 0 Å². The van der Waals surface area contributed by atoms with Crippen molar-refractivity contribution in [1.82, 2.24) is 9.88 Å². The van der Waals surface area contributed by atoms with Crippen LogP contribution in [0.25, 0.3) is 0 Å². The highest BCUT2D eigenvalue weighted by Gasteiger charge is 2.31. The monoisotopic (exact) mass is 401 g/mol. The number of anilines is 1. The topological polar surface area (TPSA) is 45.2 Å². The number of halogens is 1. The van der Waals surface area contributed by atoms with Gasteiger partial charge >= 0.3 is 6.03 Å². The molecule has 4 rings (SSSR count). The van der Waals surface area contributed by atoms with E-state index in [1.54, 1.807) is 36.6 Å². The number of nitrogens with zero attached hydrogens (tertiary/aromatic N) is 2. The van der Waals surface area contributed by atoms with Crippen LogP contribution in [0.4, 0.5) is 14.3 Å². The number of thiazole rings is 1. The lowest BCUT2D eigenvalue weighted by atomic mass is 10.1. The van der Waals surface area contributed by atoms with Gasteiger partial charge in [0.25, 0.3) is 0 Å². The number of nitrogens with one attached hydrogen (secondary N) is 1. The molecule has 0 spiro atoms. The lowest BCUT2D eigenvalue weighted by Gasteiger charge is -2.23. The van der Waals surface area contributed by atoms with Crippen LogP contribution >= 0.6 is 22.7 Å². The maximum Gasteiger partial charge on any atom is 0.324 e. The van der Waals surface area contributed by atoms with Crippen LogP contribution < -0.4 is 5.32 Å². The van der Waals surface area contributed by atoms with Crippen molar-refractivity contribution in [2.24, 2.45) is 0 Å². The van der Waals surface area contributed by atoms with Crippen molar-refractivity contribution in [2.75, 3.05) is 11.9 Å². The fourth-order valence-corrected chi connectivity index (χ4v) is 5.05. The summed E-state index contributed by atoms with van der Waals surface area (Å²) in [7, 11) is 0. The average Bonchev–Trinajstić information content (AvgIpc) is 3.38. The van der Waals surface area contributed by atoms with Crippen LogP contribution in [0.5, 0.6) is 0 Å². The first-order valence-corrected chi connectivity index (χ1v) is 10.6. The van der Waals surface area contributed by atoms with Gasteiger partial charge in [-0.25, -0.2) is 14.2 Å². The minimum atomic E-state index is -0.195. The summed E-state index contributed by atoms with van der Waals surface area (Å²) in [4.78, 5) is 21.1. The minimum absolute atomic E-state index is 0.104. The predicted octanol–water partition coefficient (Wildman–Crippen LogP) is 5.61. The molecule has 4 nitrogen and oxygen atoms in total. The minimum Gasteiger partial charge on any atom is -0.317 e. The Hall–Kier alpha value is -2.25. The fourth-order valence-electron chi connectivity index (χ4n) is 3.34. The standard InChI is InChI=1S/C20H20FN3OS2/c1-13-6-7-14(11-16(13)21)10-15-12-22-19(27-15)23-20(25)24-8-2-4-17(24)18-5-3-9-26-18/h3,5-7,9,11-12,17H,2,4,8,10H2,1H3,(H,22,23,25). The number of aromatic nitrogens is 1. The number of likely N-dealkylation sites (tertiary alicyclic amines) is 1. The second-order valence-electron chi connectivity index (χ2n) is 6.69. The summed E-state index contributed by atoms with van der Waals surface area (Å²) >= 11 is 3.12. The lowest BCUT2D eigenvalue weighted by Crippen LogP contribution is -2.34. The number of thiophene rings is 1. The Bertz CT molecular complexity index is 939. The van der Waals surface area contributed by atoms with Crippen LogP contribution in [0.1, 0.15) is 39.8 Å². The largest absolute Gasteiger partial charge is 0.324 e. The van der Waals surface area contributed by atoms with Crippen LogP contribution in [-0.2, 0) is 6.42 Å². The number of hydrogen-bond acceptors (Lipinski definition) is 4. The molecule has 2 aromatic heterocycles. The molecular formula is C20H20FN3OS2. The zero-order chi connectivity index (χ0) is 18.8. The number of aryl methyl sites for hydroxylation is 1. The maximum absolute atomic E-state index is 13.7. The van der Waals surface area contributed by atoms with Crippen LogP contribution in [0.15, 0.2) is 41.9 Å². The Labute approximate surface area is 165 Å². The lowest BCUT2D eigenvalue weighted by molar-refractivity contribution is 0.208. The Kier molecular flexibility index (Phi) is 5.22. The fraction of sp³-hybridized carbons (Fsp3) is 0.300. The molecule has 3 heterocycles. The van der Waals surface area contributed by atoms with E-state index >= 15 is 0 Å². The van der Waals surface area contributed by atoms with Gasteiger partial charge in [0.2, 0.25) is 0 Å². The molecular weight excluding hydrogens is 381 g/mol. The van der Waals surface area contributed by atoms with E-state index < -0.39 is 0 Å². The molecule has 140 valence electrons. The van der Waals surface area contributed by atoms with Crippen LogP contribution in [-0.4, -0.2) is 22.5 Å². The molecule has 1 atom stereocenters. The third-order valence-corrected chi connectivity index (χ3v) is 6.65. The molecule has 0 radical (unpaired) electrons. The number of carbonyl (C=O) groups is 1. The maximum atomic E-state index is 13.7. The Morgan fingerprint density at radius 3 is 3.07 bits per heavy atom. The molecule has 1 aliphatic rings. The van der Waals surface area contributed by atoms with E-state index in [1.807, 2.05) is 22.4 Å². The zero-order valence-electron chi connectivity index (χ0n) is 14.9. The van der Waals surface area contributed by atoms with E-state index in [0.29, 0.717) is 17.1 Å². The van der Waals surface area contributed by atoms with E-state index in [4.69, 9.17) is 0 Å². The molecule has 1 aliphatic heterocycles. The summed E-state index contributed by atoms with van der Waals surface area (Å²) < 4.78 is 13.7. The average molecular weight is 402 g/mol. The van der Waals surface area contributed by atoms with Gasteiger partial charge in [-0.05, 0) is 48.4 Å². The Morgan fingerprint density at radius 2 is 2.30 bits per heavy atom. The molecule has 0 saturated carbocycles. The van der Waals surface area contributed by atoms with Gasteiger partial charge in [0.15, 0.2) is 5.13 Å². The number of amides is 2. The molecule has 0 bridgehead atoms. The van der Waals surface area contributed by atoms with E-state index in [9.17, 15) is 9.18 Å². The van der Waals surface area contributed by atoms with Gasteiger partial charge in [0.1, 0.15) is 5.82 Å². The quantitative estimate of drug-likeness (QED) is 0.617. The van der Waals surface area contributed by atoms with Gasteiger partial charge < -0.3 is 4.90 Å². The van der Waals surface area contributed by atoms with E-state index in [2.05, 4.69) is 16.4 Å². The smallest absolute Gasteiger partial charge is 0.317 e. The van der Waals surface area contributed by atoms with Crippen LogP contribution in [0.3, 0.4) is 0 Å². The molecule has 1 aromatic carbocycles. The molecule has 1 fully saturated rings. The summed E-state index contributed by atoms with van der Waals surface area (Å²) in [5.41, 5.74) is 1.54. The molecule has 7 heteroatoms. The van der Waals surface area contributed by atoms with Crippen LogP contribution in [0.2, 0.25) is 0 Å². The molecule has 3 aromatic rings. The van der Waals surface area contributed by atoms with Crippen molar-refractivity contribution in [3.63, 3.8) is 0 Å². The van der Waals surface area contributed by atoms with E-state index in [1.165, 1.54) is 16.2 Å². The summed E-state index contributed by atoms with van der Waals surface area (Å²) in [5.74, 6) is -0.195. The molecule has 1 N–H and O–H groups in total. The molecule has 2 amide bonds. The van der Waals surface area contributed by atoms with Gasteiger partial charge in [0, 0.05) is 28.9 Å². The molecule has 1 saturated heterocycles. The second-order valence-corrected chi connectivity index (χ2v) is 8.78. The van der Waals surface area contributed by atoms with E-state index in [0.717, 1.165) is 29.8 Å². The highest BCUT2D eigenvalue weighted by Crippen LogP contribution is 2.35. The normalized spacial score (nSPS) is 16.7. The van der Waals surface area contributed by atoms with Crippen molar-refractivity contribution in [3.05, 3.63) is 68.6 Å². The predicted molar refractivity (Wildman–Crippen MR) is 108 cm³/mol. The van der Waals surface area contributed by atoms with Crippen molar-refractivity contribution >= 4 is 33.8 Å². The first-order valence-electron chi connectivity index (χ1n) is 8.91. The summed E-state index contributed by atoms with van der Waals surface area (Å²) in [6.45, 7) is 2.51. The third-order valence-electron chi connectivity index (χ3n) is 4.77. The first kappa shape index (κ1) is 18.1. The van der Waals surface area contributed by atoms with Crippen LogP contribution in [0, 0.1) is 12.7 Å². The van der Waals surface area contributed by atoms with Gasteiger partial charge in [-0.2, -0.15) is 0 Å². The second kappa shape index (κ2) is 7.78. The van der Waals surface area contributed by atoms with Gasteiger partial charge in [-0.1, -0.05) is 18.2 Å². The third kappa shape index (κ3) is 4.04. The van der Waals surface area contributed by atoms with Crippen molar-refractivity contribution < 1.29 is 9.18 Å². The SMILES string of the molecule is Cc1ccc(Cc2cnc(NC(=O)N3CCCC3c3cccs3)s2)cc1F. The van der Waals surface area contributed by atoms with Crippen molar-refractivity contribution in [2.45, 2.75) is 32.2 Å². The Balaban J connectivity index is 1.41. The number of hydrogen-bond donors (Lipinski definition) is 1. The highest BCUT2D eigenvalue weighted by atomic mass is 32.1. The van der Waals surface area contributed by atoms with Gasteiger partial charge in [-0.3, -0.25) is 5.32 Å². The van der Waals surface area contributed by atoms with E-state index in [-0.39, 0.29) is 17.9 Å². The Morgan fingerprint density at radius 1 is 1.41 bits per heavy atom. The number of rotatable bonds is 4. The van der Waals surface area contributed by atoms with Gasteiger partial charge in [-0.15, -0.1) is 22.7 Å². The number of urea groups is 1. The molecule has 0 aliphatic carbocycles. The molecule has 27 heavy (non-hydrogen) atoms. The summed E-state index contributed by atoms with van der Waals surface area (Å²) in [5, 5.41) is 5.56. The number of benzene rings is 1.